The van der Waals surface area contributed by atoms with Crippen LogP contribution in [0.15, 0.2) is 0 Å². The number of piperidine rings is 2. The van der Waals surface area contributed by atoms with Crippen molar-refractivity contribution in [2.75, 3.05) is 13.1 Å². The van der Waals surface area contributed by atoms with Gasteiger partial charge in [-0.05, 0) is 69.6 Å². The molecular formula is C27H43NO7. The lowest BCUT2D eigenvalue weighted by molar-refractivity contribution is -0.290. The first-order chi connectivity index (χ1) is 16.3. The van der Waals surface area contributed by atoms with Gasteiger partial charge in [0.25, 0.3) is 0 Å². The first-order valence-electron chi connectivity index (χ1n) is 14.0. The maximum atomic E-state index is 12.5. The van der Waals surface area contributed by atoms with Gasteiger partial charge in [0.1, 0.15) is 17.8 Å². The Balaban J connectivity index is 1.35. The van der Waals surface area contributed by atoms with Gasteiger partial charge in [-0.25, -0.2) is 0 Å². The third kappa shape index (κ3) is 2.44. The Kier molecular flexibility index (Phi) is 4.62. The van der Waals surface area contributed by atoms with E-state index in [-0.39, 0.29) is 23.8 Å². The molecule has 4 saturated carbocycles. The molecule has 15 atom stereocenters. The topological polar surface area (TPSA) is 134 Å². The standard InChI is InChI=1S/C27H43NO7/c1-13-4-7-18-24(3,32)20-14(12-28(18)11-13)15-10-25-17(26(15,33)22(31)21(20)30)6-5-16-23(25,2)9-8-19(29)27(16,34)35-25/h13-22,29-34H,4-12H2,1-3H3/t13-,14-,15-,16?,17+,18-,19-,20+,21+,22-,23-,24+,25?,26?,27-/m0/s1. The molecule has 0 aromatic heterocycles. The van der Waals surface area contributed by atoms with Crippen LogP contribution in [0.5, 0.6) is 0 Å². The molecule has 3 heterocycles. The number of hydrogen-bond donors (Lipinski definition) is 6. The molecule has 0 radical (unpaired) electrons. The quantitative estimate of drug-likeness (QED) is 0.282. The molecule has 7 rings (SSSR count). The van der Waals surface area contributed by atoms with Gasteiger partial charge >= 0.3 is 0 Å². The van der Waals surface area contributed by atoms with Gasteiger partial charge in [0.2, 0.25) is 0 Å². The molecule has 3 saturated heterocycles. The highest BCUT2D eigenvalue weighted by Gasteiger charge is 2.84. The maximum Gasteiger partial charge on any atom is 0.196 e. The number of rotatable bonds is 0. The molecule has 35 heavy (non-hydrogen) atoms. The van der Waals surface area contributed by atoms with Crippen LogP contribution in [-0.2, 0) is 4.74 Å². The van der Waals surface area contributed by atoms with Crippen molar-refractivity contribution in [3.8, 4) is 0 Å². The third-order valence-electron chi connectivity index (χ3n) is 12.8. The Morgan fingerprint density at radius 2 is 1.60 bits per heavy atom. The largest absolute Gasteiger partial charge is 0.390 e. The lowest BCUT2D eigenvalue weighted by Gasteiger charge is -2.63. The second-order valence-electron chi connectivity index (χ2n) is 14.1. The molecule has 0 aromatic rings. The molecule has 4 bridgehead atoms. The lowest BCUT2D eigenvalue weighted by Crippen LogP contribution is -2.76. The monoisotopic (exact) mass is 493 g/mol. The predicted octanol–water partition coefficient (Wildman–Crippen LogP) is 0.215. The zero-order valence-electron chi connectivity index (χ0n) is 21.2. The number of ether oxygens (including phenoxy) is 1. The smallest absolute Gasteiger partial charge is 0.196 e. The summed E-state index contributed by atoms with van der Waals surface area (Å²) in [6.07, 6.45) is 1.05. The van der Waals surface area contributed by atoms with E-state index in [2.05, 4.69) is 18.7 Å². The first-order valence-corrected chi connectivity index (χ1v) is 14.0. The molecule has 4 aliphatic carbocycles. The molecule has 6 N–H and O–H groups in total. The first kappa shape index (κ1) is 23.8. The second-order valence-corrected chi connectivity index (χ2v) is 14.1. The van der Waals surface area contributed by atoms with Crippen molar-refractivity contribution in [2.45, 2.75) is 113 Å². The molecule has 0 amide bonds. The van der Waals surface area contributed by atoms with Crippen molar-refractivity contribution < 1.29 is 35.4 Å². The maximum absolute atomic E-state index is 12.5. The highest BCUT2D eigenvalue weighted by Crippen LogP contribution is 2.76. The van der Waals surface area contributed by atoms with Crippen LogP contribution in [0.2, 0.25) is 0 Å². The zero-order valence-corrected chi connectivity index (χ0v) is 21.2. The Morgan fingerprint density at radius 3 is 2.34 bits per heavy atom. The van der Waals surface area contributed by atoms with E-state index in [1.807, 2.05) is 6.92 Å². The van der Waals surface area contributed by atoms with Crippen molar-refractivity contribution >= 4 is 0 Å². The third-order valence-corrected chi connectivity index (χ3v) is 12.8. The van der Waals surface area contributed by atoms with E-state index in [1.165, 1.54) is 0 Å². The van der Waals surface area contributed by atoms with Crippen LogP contribution < -0.4 is 0 Å². The average molecular weight is 494 g/mol. The molecule has 1 spiro atoms. The summed E-state index contributed by atoms with van der Waals surface area (Å²) in [5.41, 5.74) is -4.08. The fourth-order valence-corrected chi connectivity index (χ4v) is 11.4. The van der Waals surface area contributed by atoms with Gasteiger partial charge in [-0.15, -0.1) is 0 Å². The van der Waals surface area contributed by atoms with Gasteiger partial charge in [0.15, 0.2) is 5.79 Å². The molecule has 8 nitrogen and oxygen atoms in total. The molecule has 0 aromatic carbocycles. The van der Waals surface area contributed by atoms with E-state index in [1.54, 1.807) is 0 Å². The Labute approximate surface area is 207 Å². The Hall–Kier alpha value is -0.320. The summed E-state index contributed by atoms with van der Waals surface area (Å²) in [4.78, 5) is 2.36. The number of fused-ring (bicyclic) bond motifs is 5. The summed E-state index contributed by atoms with van der Waals surface area (Å²) in [5, 5.41) is 69.9. The van der Waals surface area contributed by atoms with Crippen LogP contribution >= 0.6 is 0 Å². The molecule has 7 fully saturated rings. The van der Waals surface area contributed by atoms with E-state index in [0.717, 1.165) is 19.4 Å². The van der Waals surface area contributed by atoms with Crippen molar-refractivity contribution in [1.29, 1.82) is 0 Å². The SMILES string of the molecule is C[C@H]1CC[C@@H]2N(C1)C[C@@H]1[C@H]([C@@H](O)[C@H](O)C3(O)[C@H]1CC14O[C@@]5(O)C(CC[C@@H]31)[C@]4(C)CC[C@@H]5O)[C@]2(C)O. The molecular weight excluding hydrogens is 450 g/mol. The number of hydrogen-bond acceptors (Lipinski definition) is 8. The lowest BCUT2D eigenvalue weighted by atomic mass is 9.49. The van der Waals surface area contributed by atoms with Crippen molar-refractivity contribution in [1.82, 2.24) is 4.90 Å². The minimum atomic E-state index is -1.64. The van der Waals surface area contributed by atoms with Gasteiger partial charge in [0, 0.05) is 42.3 Å². The molecule has 3 aliphatic heterocycles. The van der Waals surface area contributed by atoms with Crippen LogP contribution in [0.25, 0.3) is 0 Å². The Bertz CT molecular complexity index is 931. The van der Waals surface area contributed by atoms with Gasteiger partial charge in [0.05, 0.1) is 17.3 Å². The summed E-state index contributed by atoms with van der Waals surface area (Å²) in [5.74, 6) is -2.93. The summed E-state index contributed by atoms with van der Waals surface area (Å²) in [7, 11) is 0. The van der Waals surface area contributed by atoms with Crippen LogP contribution in [0.4, 0.5) is 0 Å². The van der Waals surface area contributed by atoms with E-state index in [4.69, 9.17) is 4.74 Å². The summed E-state index contributed by atoms with van der Waals surface area (Å²) >= 11 is 0. The summed E-state index contributed by atoms with van der Waals surface area (Å²) in [6, 6.07) is -0.0745. The highest BCUT2D eigenvalue weighted by atomic mass is 16.7. The van der Waals surface area contributed by atoms with Crippen LogP contribution in [-0.4, -0.2) is 95.6 Å². The van der Waals surface area contributed by atoms with Crippen molar-refractivity contribution in [2.24, 2.45) is 40.9 Å². The van der Waals surface area contributed by atoms with E-state index >= 15 is 0 Å². The van der Waals surface area contributed by atoms with Gasteiger partial charge in [-0.3, -0.25) is 4.90 Å². The van der Waals surface area contributed by atoms with E-state index in [9.17, 15) is 30.6 Å². The summed E-state index contributed by atoms with van der Waals surface area (Å²) < 4.78 is 6.60. The number of aliphatic hydroxyl groups is 6. The average Bonchev–Trinajstić information content (AvgIpc) is 3.04. The zero-order chi connectivity index (χ0) is 24.9. The minimum Gasteiger partial charge on any atom is -0.390 e. The summed E-state index contributed by atoms with van der Waals surface area (Å²) in [6.45, 7) is 7.73. The normalized spacial score (nSPS) is 67.5. The van der Waals surface area contributed by atoms with E-state index < -0.39 is 58.2 Å². The van der Waals surface area contributed by atoms with Crippen LogP contribution in [0.1, 0.15) is 65.7 Å². The predicted molar refractivity (Wildman–Crippen MR) is 125 cm³/mol. The van der Waals surface area contributed by atoms with E-state index in [0.29, 0.717) is 44.6 Å². The Morgan fingerprint density at radius 1 is 0.886 bits per heavy atom. The van der Waals surface area contributed by atoms with Gasteiger partial charge < -0.3 is 35.4 Å². The van der Waals surface area contributed by atoms with Crippen LogP contribution in [0.3, 0.4) is 0 Å². The van der Waals surface area contributed by atoms with Gasteiger partial charge in [-0.2, -0.15) is 0 Å². The second kappa shape index (κ2) is 6.81. The molecule has 3 unspecified atom stereocenters. The van der Waals surface area contributed by atoms with Gasteiger partial charge in [-0.1, -0.05) is 13.8 Å². The van der Waals surface area contributed by atoms with Crippen molar-refractivity contribution in [3.05, 3.63) is 0 Å². The van der Waals surface area contributed by atoms with Crippen molar-refractivity contribution in [3.63, 3.8) is 0 Å². The number of nitrogens with zero attached hydrogens (tertiary/aromatic N) is 1. The molecule has 7 aliphatic rings. The fourth-order valence-electron chi connectivity index (χ4n) is 11.4. The molecule has 198 valence electrons. The highest BCUT2D eigenvalue weighted by molar-refractivity contribution is 5.31. The molecule has 8 heteroatoms. The number of aliphatic hydroxyl groups excluding tert-OH is 3. The minimum absolute atomic E-state index is 0.0745. The van der Waals surface area contributed by atoms with Crippen LogP contribution in [0, 0.1) is 40.9 Å². The fraction of sp³-hybridized carbons (Fsp3) is 1.00.